The topological polar surface area (TPSA) is 87.7 Å². The molecule has 2 heterocycles. The Balaban J connectivity index is 1.47. The minimum atomic E-state index is -0.194. The first-order valence-electron chi connectivity index (χ1n) is 8.87. The van der Waals surface area contributed by atoms with E-state index in [9.17, 15) is 9.59 Å². The van der Waals surface area contributed by atoms with Crippen molar-refractivity contribution in [1.82, 2.24) is 20.2 Å². The van der Waals surface area contributed by atoms with Crippen LogP contribution in [0.3, 0.4) is 0 Å². The van der Waals surface area contributed by atoms with Gasteiger partial charge < -0.3 is 19.9 Å². The van der Waals surface area contributed by atoms with Gasteiger partial charge in [0, 0.05) is 45.1 Å². The maximum absolute atomic E-state index is 12.2. The van der Waals surface area contributed by atoms with Crippen LogP contribution in [0.25, 0.3) is 0 Å². The Kier molecular flexibility index (Phi) is 6.19. The van der Waals surface area contributed by atoms with Crippen LogP contribution >= 0.6 is 0 Å². The van der Waals surface area contributed by atoms with E-state index in [1.807, 2.05) is 29.2 Å². The molecule has 0 atom stereocenters. The van der Waals surface area contributed by atoms with Crippen molar-refractivity contribution >= 4 is 18.3 Å². The molecule has 2 amide bonds. The van der Waals surface area contributed by atoms with Crippen LogP contribution in [0, 0.1) is 0 Å². The SMILES string of the molecule is COc1ccc(CCNC(=O)c2cnc(N3CCN(C=O)CC3)nc2)cc1. The number of hydrogen-bond donors (Lipinski definition) is 1. The van der Waals surface area contributed by atoms with Gasteiger partial charge in [0.1, 0.15) is 5.75 Å². The van der Waals surface area contributed by atoms with Crippen LogP contribution in [0.2, 0.25) is 0 Å². The summed E-state index contributed by atoms with van der Waals surface area (Å²) in [5, 5.41) is 2.88. The fourth-order valence-electron chi connectivity index (χ4n) is 2.84. The van der Waals surface area contributed by atoms with Crippen LogP contribution in [-0.2, 0) is 11.2 Å². The summed E-state index contributed by atoms with van der Waals surface area (Å²) in [5.41, 5.74) is 1.55. The number of carbonyl (C=O) groups excluding carboxylic acids is 2. The lowest BCUT2D eigenvalue weighted by Gasteiger charge is -2.32. The molecule has 1 N–H and O–H groups in total. The fourth-order valence-corrected chi connectivity index (χ4v) is 2.84. The molecule has 0 spiro atoms. The lowest BCUT2D eigenvalue weighted by molar-refractivity contribution is -0.118. The van der Waals surface area contributed by atoms with E-state index in [1.165, 1.54) is 12.4 Å². The second kappa shape index (κ2) is 8.98. The zero-order valence-corrected chi connectivity index (χ0v) is 15.3. The highest BCUT2D eigenvalue weighted by Gasteiger charge is 2.18. The van der Waals surface area contributed by atoms with Crippen LogP contribution in [0.15, 0.2) is 36.7 Å². The quantitative estimate of drug-likeness (QED) is 0.724. The molecule has 8 heteroatoms. The van der Waals surface area contributed by atoms with Crippen LogP contribution in [0.1, 0.15) is 15.9 Å². The van der Waals surface area contributed by atoms with Gasteiger partial charge in [-0.05, 0) is 24.1 Å². The number of methoxy groups -OCH3 is 1. The molecule has 27 heavy (non-hydrogen) atoms. The van der Waals surface area contributed by atoms with Crippen molar-refractivity contribution in [2.45, 2.75) is 6.42 Å². The third-order valence-corrected chi connectivity index (χ3v) is 4.50. The number of amides is 2. The molecule has 2 aromatic rings. The van der Waals surface area contributed by atoms with E-state index in [0.29, 0.717) is 44.2 Å². The number of aromatic nitrogens is 2. The minimum Gasteiger partial charge on any atom is -0.497 e. The standard InChI is InChI=1S/C19H23N5O3/c1-27-17-4-2-15(3-5-17)6-7-20-18(26)16-12-21-19(22-13-16)24-10-8-23(14-25)9-11-24/h2-5,12-14H,6-11H2,1H3,(H,20,26). The van der Waals surface area contributed by atoms with Gasteiger partial charge in [0.05, 0.1) is 12.7 Å². The Labute approximate surface area is 158 Å². The van der Waals surface area contributed by atoms with Crippen molar-refractivity contribution in [3.8, 4) is 5.75 Å². The molecule has 1 aromatic heterocycles. The van der Waals surface area contributed by atoms with E-state index < -0.39 is 0 Å². The van der Waals surface area contributed by atoms with E-state index >= 15 is 0 Å². The predicted molar refractivity (Wildman–Crippen MR) is 101 cm³/mol. The second-order valence-corrected chi connectivity index (χ2v) is 6.25. The molecule has 1 fully saturated rings. The molecule has 1 aliphatic rings. The van der Waals surface area contributed by atoms with Gasteiger partial charge in [-0.3, -0.25) is 9.59 Å². The van der Waals surface area contributed by atoms with Gasteiger partial charge >= 0.3 is 0 Å². The van der Waals surface area contributed by atoms with Crippen LogP contribution in [-0.4, -0.2) is 67.0 Å². The van der Waals surface area contributed by atoms with Crippen molar-refractivity contribution in [2.24, 2.45) is 0 Å². The molecule has 0 bridgehead atoms. The normalized spacial score (nSPS) is 14.0. The summed E-state index contributed by atoms with van der Waals surface area (Å²) in [6.45, 7) is 3.21. The number of nitrogens with zero attached hydrogens (tertiary/aromatic N) is 4. The summed E-state index contributed by atoms with van der Waals surface area (Å²) < 4.78 is 5.13. The van der Waals surface area contributed by atoms with Gasteiger partial charge in [-0.2, -0.15) is 0 Å². The van der Waals surface area contributed by atoms with Crippen molar-refractivity contribution in [1.29, 1.82) is 0 Å². The molecule has 0 unspecified atom stereocenters. The summed E-state index contributed by atoms with van der Waals surface area (Å²) in [7, 11) is 1.63. The zero-order chi connectivity index (χ0) is 19.1. The van der Waals surface area contributed by atoms with Gasteiger partial charge in [0.15, 0.2) is 0 Å². The Morgan fingerprint density at radius 3 is 2.41 bits per heavy atom. The number of benzene rings is 1. The van der Waals surface area contributed by atoms with Crippen molar-refractivity contribution in [3.63, 3.8) is 0 Å². The number of anilines is 1. The first-order valence-corrected chi connectivity index (χ1v) is 8.87. The third kappa shape index (κ3) is 4.93. The highest BCUT2D eigenvalue weighted by molar-refractivity contribution is 5.93. The zero-order valence-electron chi connectivity index (χ0n) is 15.3. The first-order chi connectivity index (χ1) is 13.2. The lowest BCUT2D eigenvalue weighted by Crippen LogP contribution is -2.46. The number of nitrogens with one attached hydrogen (secondary N) is 1. The van der Waals surface area contributed by atoms with Gasteiger partial charge in [0.25, 0.3) is 5.91 Å². The van der Waals surface area contributed by atoms with E-state index in [1.54, 1.807) is 12.0 Å². The smallest absolute Gasteiger partial charge is 0.254 e. The third-order valence-electron chi connectivity index (χ3n) is 4.50. The fraction of sp³-hybridized carbons (Fsp3) is 0.368. The molecule has 0 aliphatic carbocycles. The van der Waals surface area contributed by atoms with Gasteiger partial charge in [-0.15, -0.1) is 0 Å². The van der Waals surface area contributed by atoms with Crippen LogP contribution in [0.4, 0.5) is 5.95 Å². The van der Waals surface area contributed by atoms with Gasteiger partial charge in [0.2, 0.25) is 12.4 Å². The monoisotopic (exact) mass is 369 g/mol. The molecule has 142 valence electrons. The minimum absolute atomic E-state index is 0.194. The Morgan fingerprint density at radius 2 is 1.81 bits per heavy atom. The summed E-state index contributed by atoms with van der Waals surface area (Å²) in [5.74, 6) is 1.20. The Morgan fingerprint density at radius 1 is 1.15 bits per heavy atom. The molecule has 1 saturated heterocycles. The van der Waals surface area contributed by atoms with Crippen molar-refractivity contribution < 1.29 is 14.3 Å². The molecule has 1 aromatic carbocycles. The van der Waals surface area contributed by atoms with Crippen molar-refractivity contribution in [3.05, 3.63) is 47.8 Å². The number of rotatable bonds is 7. The lowest BCUT2D eigenvalue weighted by atomic mass is 10.1. The average molecular weight is 369 g/mol. The summed E-state index contributed by atoms with van der Waals surface area (Å²) in [6, 6.07) is 7.76. The van der Waals surface area contributed by atoms with Gasteiger partial charge in [-0.25, -0.2) is 9.97 Å². The molecule has 3 rings (SSSR count). The number of carbonyl (C=O) groups is 2. The largest absolute Gasteiger partial charge is 0.497 e. The molecular weight excluding hydrogens is 346 g/mol. The highest BCUT2D eigenvalue weighted by Crippen LogP contribution is 2.12. The molecule has 1 aliphatic heterocycles. The van der Waals surface area contributed by atoms with E-state index in [0.717, 1.165) is 24.1 Å². The van der Waals surface area contributed by atoms with Crippen molar-refractivity contribution in [2.75, 3.05) is 44.7 Å². The average Bonchev–Trinajstić information content (AvgIpc) is 2.74. The molecule has 8 nitrogen and oxygen atoms in total. The van der Waals surface area contributed by atoms with Crippen LogP contribution in [0.5, 0.6) is 5.75 Å². The van der Waals surface area contributed by atoms with E-state index in [2.05, 4.69) is 15.3 Å². The van der Waals surface area contributed by atoms with E-state index in [4.69, 9.17) is 4.74 Å². The molecular formula is C19H23N5O3. The summed E-state index contributed by atoms with van der Waals surface area (Å²) >= 11 is 0. The van der Waals surface area contributed by atoms with Crippen LogP contribution < -0.4 is 15.0 Å². The first kappa shape index (κ1) is 18.6. The Bertz CT molecular complexity index is 756. The maximum atomic E-state index is 12.2. The Hall–Kier alpha value is -3.16. The summed E-state index contributed by atoms with van der Waals surface area (Å²) in [6.07, 6.45) is 4.67. The number of hydrogen-bond acceptors (Lipinski definition) is 6. The van der Waals surface area contributed by atoms with Gasteiger partial charge in [-0.1, -0.05) is 12.1 Å². The second-order valence-electron chi connectivity index (χ2n) is 6.25. The number of ether oxygens (including phenoxy) is 1. The highest BCUT2D eigenvalue weighted by atomic mass is 16.5. The van der Waals surface area contributed by atoms with E-state index in [-0.39, 0.29) is 5.91 Å². The summed E-state index contributed by atoms with van der Waals surface area (Å²) in [4.78, 5) is 35.3. The maximum Gasteiger partial charge on any atom is 0.254 e. The number of piperazine rings is 1. The molecule has 0 radical (unpaired) electrons. The predicted octanol–water partition coefficient (Wildman–Crippen LogP) is 0.736. The molecule has 0 saturated carbocycles.